The van der Waals surface area contributed by atoms with Gasteiger partial charge in [-0.15, -0.1) is 0 Å². The van der Waals surface area contributed by atoms with Gasteiger partial charge in [-0.25, -0.2) is 4.98 Å². The number of aromatic nitrogens is 2. The maximum Gasteiger partial charge on any atom is 0.143 e. The zero-order valence-corrected chi connectivity index (χ0v) is 11.7. The number of ether oxygens (including phenoxy) is 1. The number of hydrogen-bond donors (Lipinski definition) is 0. The van der Waals surface area contributed by atoms with E-state index in [1.807, 2.05) is 37.6 Å². The Labute approximate surface area is 113 Å². The summed E-state index contributed by atoms with van der Waals surface area (Å²) in [5.74, 6) is 1.63. The maximum absolute atomic E-state index is 8.88. The molecule has 0 bridgehead atoms. The van der Waals surface area contributed by atoms with Crippen molar-refractivity contribution in [3.63, 3.8) is 0 Å². The van der Waals surface area contributed by atoms with E-state index < -0.39 is 0 Å². The maximum atomic E-state index is 8.88. The summed E-state index contributed by atoms with van der Waals surface area (Å²) in [5.41, 5.74) is 3.94. The Morgan fingerprint density at radius 2 is 2.11 bits per heavy atom. The highest BCUT2D eigenvalue weighted by Gasteiger charge is 2.16. The summed E-state index contributed by atoms with van der Waals surface area (Å²) in [5, 5.41) is 8.88. The fraction of sp³-hybridized carbons (Fsp3) is 0.333. The molecule has 0 amide bonds. The van der Waals surface area contributed by atoms with Gasteiger partial charge in [0.25, 0.3) is 0 Å². The smallest absolute Gasteiger partial charge is 0.143 e. The van der Waals surface area contributed by atoms with Crippen LogP contribution in [-0.4, -0.2) is 16.7 Å². The Morgan fingerprint density at radius 3 is 2.74 bits per heavy atom. The lowest BCUT2D eigenvalue weighted by molar-refractivity contribution is 0.416. The molecule has 98 valence electrons. The number of imidazole rings is 1. The first-order chi connectivity index (χ1) is 9.08. The van der Waals surface area contributed by atoms with E-state index in [-0.39, 0.29) is 0 Å². The van der Waals surface area contributed by atoms with E-state index in [0.717, 1.165) is 34.1 Å². The van der Waals surface area contributed by atoms with Crippen molar-refractivity contribution in [3.05, 3.63) is 35.2 Å². The van der Waals surface area contributed by atoms with Gasteiger partial charge in [-0.1, -0.05) is 11.6 Å². The van der Waals surface area contributed by atoms with Crippen LogP contribution in [0.2, 0.25) is 0 Å². The molecule has 0 saturated heterocycles. The van der Waals surface area contributed by atoms with Crippen molar-refractivity contribution in [1.29, 1.82) is 5.26 Å². The van der Waals surface area contributed by atoms with Crippen molar-refractivity contribution >= 4 is 0 Å². The largest absolute Gasteiger partial charge is 0.496 e. The molecule has 4 heteroatoms. The summed E-state index contributed by atoms with van der Waals surface area (Å²) in [6.07, 6.45) is 0.365. The van der Waals surface area contributed by atoms with Crippen LogP contribution in [0.3, 0.4) is 0 Å². The van der Waals surface area contributed by atoms with Crippen LogP contribution in [0.15, 0.2) is 18.2 Å². The fourth-order valence-electron chi connectivity index (χ4n) is 2.23. The van der Waals surface area contributed by atoms with Gasteiger partial charge in [0.05, 0.1) is 36.6 Å². The van der Waals surface area contributed by atoms with Crippen LogP contribution < -0.4 is 4.74 Å². The molecule has 0 spiro atoms. The van der Waals surface area contributed by atoms with Crippen molar-refractivity contribution < 1.29 is 4.74 Å². The highest BCUT2D eigenvalue weighted by molar-refractivity contribution is 5.66. The predicted molar refractivity (Wildman–Crippen MR) is 74.0 cm³/mol. The molecule has 0 radical (unpaired) electrons. The number of nitriles is 1. The van der Waals surface area contributed by atoms with Crippen molar-refractivity contribution in [3.8, 4) is 23.2 Å². The number of methoxy groups -OCH3 is 1. The van der Waals surface area contributed by atoms with Gasteiger partial charge in [-0.2, -0.15) is 5.26 Å². The highest BCUT2D eigenvalue weighted by Crippen LogP contribution is 2.31. The molecule has 4 nitrogen and oxygen atoms in total. The van der Waals surface area contributed by atoms with Crippen LogP contribution in [0.5, 0.6) is 5.75 Å². The van der Waals surface area contributed by atoms with Gasteiger partial charge in [-0.3, -0.25) is 0 Å². The Bertz CT molecular complexity index is 650. The van der Waals surface area contributed by atoms with Crippen LogP contribution in [-0.2, 0) is 13.5 Å². The average Bonchev–Trinajstić information content (AvgIpc) is 2.67. The summed E-state index contributed by atoms with van der Waals surface area (Å²) in [6, 6.07) is 8.18. The van der Waals surface area contributed by atoms with Gasteiger partial charge in [0, 0.05) is 7.05 Å². The third-order valence-electron chi connectivity index (χ3n) is 3.26. The average molecular weight is 255 g/mol. The standard InChI is InChI=1S/C15H17N3O/c1-10-5-6-14(19-4)12(9-10)15-17-11(2)13(7-8-16)18(15)3/h5-6,9H,7H2,1-4H3. The van der Waals surface area contributed by atoms with Gasteiger partial charge >= 0.3 is 0 Å². The van der Waals surface area contributed by atoms with Crippen molar-refractivity contribution in [2.45, 2.75) is 20.3 Å². The van der Waals surface area contributed by atoms with Gasteiger partial charge in [0.15, 0.2) is 0 Å². The summed E-state index contributed by atoms with van der Waals surface area (Å²) in [7, 11) is 3.59. The molecule has 2 rings (SSSR count). The van der Waals surface area contributed by atoms with Crippen molar-refractivity contribution in [1.82, 2.24) is 9.55 Å². The molecule has 1 aromatic carbocycles. The van der Waals surface area contributed by atoms with Crippen LogP contribution in [0, 0.1) is 25.2 Å². The normalized spacial score (nSPS) is 10.3. The van der Waals surface area contributed by atoms with Gasteiger partial charge < -0.3 is 9.30 Å². The second-order valence-corrected chi connectivity index (χ2v) is 4.57. The number of benzene rings is 1. The third kappa shape index (κ3) is 2.32. The lowest BCUT2D eigenvalue weighted by atomic mass is 10.1. The zero-order valence-electron chi connectivity index (χ0n) is 11.7. The molecule has 0 N–H and O–H groups in total. The van der Waals surface area contributed by atoms with E-state index in [1.54, 1.807) is 7.11 Å². The lowest BCUT2D eigenvalue weighted by Gasteiger charge is -2.10. The second-order valence-electron chi connectivity index (χ2n) is 4.57. The molecular formula is C15H17N3O. The van der Waals surface area contributed by atoms with E-state index in [2.05, 4.69) is 17.1 Å². The summed E-state index contributed by atoms with van der Waals surface area (Å²) >= 11 is 0. The molecule has 0 aliphatic rings. The van der Waals surface area contributed by atoms with E-state index in [4.69, 9.17) is 10.00 Å². The third-order valence-corrected chi connectivity index (χ3v) is 3.26. The van der Waals surface area contributed by atoms with Crippen molar-refractivity contribution in [2.75, 3.05) is 7.11 Å². The van der Waals surface area contributed by atoms with Crippen LogP contribution >= 0.6 is 0 Å². The first kappa shape index (κ1) is 13.2. The number of nitrogens with zero attached hydrogens (tertiary/aromatic N) is 3. The topological polar surface area (TPSA) is 50.8 Å². The van der Waals surface area contributed by atoms with Crippen LogP contribution in [0.25, 0.3) is 11.4 Å². The second kappa shape index (κ2) is 5.15. The SMILES string of the molecule is COc1ccc(C)cc1-c1nc(C)c(CC#N)n1C. The van der Waals surface area contributed by atoms with Gasteiger partial charge in [0.1, 0.15) is 11.6 Å². The van der Waals surface area contributed by atoms with E-state index in [0.29, 0.717) is 6.42 Å². The molecule has 1 aromatic heterocycles. The van der Waals surface area contributed by atoms with Gasteiger partial charge in [0.2, 0.25) is 0 Å². The summed E-state index contributed by atoms with van der Waals surface area (Å²) in [6.45, 7) is 3.97. The Kier molecular flexibility index (Phi) is 3.57. The van der Waals surface area contributed by atoms with Crippen LogP contribution in [0.4, 0.5) is 0 Å². The number of rotatable bonds is 3. The Balaban J connectivity index is 2.63. The first-order valence-corrected chi connectivity index (χ1v) is 6.12. The molecule has 0 aliphatic heterocycles. The number of aryl methyl sites for hydroxylation is 2. The van der Waals surface area contributed by atoms with Crippen molar-refractivity contribution in [2.24, 2.45) is 7.05 Å². The molecule has 0 aliphatic carbocycles. The predicted octanol–water partition coefficient (Wildman–Crippen LogP) is 2.78. The number of hydrogen-bond acceptors (Lipinski definition) is 3. The van der Waals surface area contributed by atoms with E-state index in [9.17, 15) is 0 Å². The zero-order chi connectivity index (χ0) is 14.0. The highest BCUT2D eigenvalue weighted by atomic mass is 16.5. The molecule has 0 atom stereocenters. The molecule has 0 fully saturated rings. The first-order valence-electron chi connectivity index (χ1n) is 6.12. The van der Waals surface area contributed by atoms with Crippen LogP contribution in [0.1, 0.15) is 17.0 Å². The Morgan fingerprint density at radius 1 is 1.37 bits per heavy atom. The molecule has 1 heterocycles. The minimum Gasteiger partial charge on any atom is -0.496 e. The quantitative estimate of drug-likeness (QED) is 0.847. The fourth-order valence-corrected chi connectivity index (χ4v) is 2.23. The molecular weight excluding hydrogens is 238 g/mol. The summed E-state index contributed by atoms with van der Waals surface area (Å²) < 4.78 is 7.37. The molecule has 2 aromatic rings. The van der Waals surface area contributed by atoms with E-state index in [1.165, 1.54) is 0 Å². The minimum atomic E-state index is 0.365. The molecule has 19 heavy (non-hydrogen) atoms. The van der Waals surface area contributed by atoms with E-state index >= 15 is 0 Å². The Hall–Kier alpha value is -2.28. The summed E-state index contributed by atoms with van der Waals surface area (Å²) in [4.78, 5) is 4.58. The molecule has 0 unspecified atom stereocenters. The molecule has 0 saturated carbocycles. The minimum absolute atomic E-state index is 0.365. The van der Waals surface area contributed by atoms with Gasteiger partial charge in [-0.05, 0) is 26.0 Å². The monoisotopic (exact) mass is 255 g/mol. The lowest BCUT2D eigenvalue weighted by Crippen LogP contribution is -2.00.